The first-order valence-corrected chi connectivity index (χ1v) is 19.6. The molecule has 0 saturated heterocycles. The second-order valence-corrected chi connectivity index (χ2v) is 19.1. The summed E-state index contributed by atoms with van der Waals surface area (Å²) in [5, 5.41) is 0. The Hall–Kier alpha value is -4.04. The molecule has 3 unspecified atom stereocenters. The van der Waals surface area contributed by atoms with Crippen LogP contribution in [0.3, 0.4) is 0 Å². The van der Waals surface area contributed by atoms with Crippen molar-refractivity contribution < 1.29 is 0 Å². The molecule has 1 saturated carbocycles. The lowest BCUT2D eigenvalue weighted by molar-refractivity contribution is 0.0603. The van der Waals surface area contributed by atoms with Crippen molar-refractivity contribution in [2.75, 3.05) is 4.90 Å². The standard InChI is InChI=1S/C49H54BN/c1-31-26-36-37-30-48(8)24-13-14-25-49(48,9)38-18-15-19-40(44(37)38)50-39-22-20-34(47(5,6)7)29-42(39)51(43(27-31)45(36)50)41-23-21-33(46(2,3)4)28-35(41)32-16-11-10-12-17-32/h10-12,15-23,26-29,37H,13-14,24-25,30H2,1-9H3. The highest BCUT2D eigenvalue weighted by Gasteiger charge is 2.56. The molecule has 4 aliphatic rings. The van der Waals surface area contributed by atoms with Gasteiger partial charge >= 0.3 is 0 Å². The Kier molecular flexibility index (Phi) is 7.08. The van der Waals surface area contributed by atoms with Crippen LogP contribution in [0.25, 0.3) is 11.1 Å². The van der Waals surface area contributed by atoms with Crippen LogP contribution in [0.5, 0.6) is 0 Å². The minimum absolute atomic E-state index is 0.0285. The predicted molar refractivity (Wildman–Crippen MR) is 220 cm³/mol. The summed E-state index contributed by atoms with van der Waals surface area (Å²) in [7, 11) is 0. The van der Waals surface area contributed by atoms with Crippen molar-refractivity contribution in [2.45, 2.75) is 117 Å². The Morgan fingerprint density at radius 1 is 0.667 bits per heavy atom. The fourth-order valence-electron chi connectivity index (χ4n) is 10.8. The first-order chi connectivity index (χ1) is 24.2. The molecule has 2 aliphatic carbocycles. The SMILES string of the molecule is Cc1cc2c3c(c1)N(c1ccc(C(C)(C)C)cc1-c1ccccc1)c1cc(C(C)(C)C)ccc1B3c1cccc3c1C2CC1(C)CCCCC31C. The number of aryl methyl sites for hydroxylation is 1. The normalized spacial score (nSPS) is 23.3. The monoisotopic (exact) mass is 667 g/mol. The highest BCUT2D eigenvalue weighted by atomic mass is 15.2. The summed E-state index contributed by atoms with van der Waals surface area (Å²) in [5.41, 5.74) is 20.6. The Morgan fingerprint density at radius 3 is 2.12 bits per heavy atom. The third kappa shape index (κ3) is 4.74. The Labute approximate surface area is 307 Å². The minimum atomic E-state index is 0.0285. The van der Waals surface area contributed by atoms with Crippen LogP contribution in [0.4, 0.5) is 17.1 Å². The van der Waals surface area contributed by atoms with Crippen molar-refractivity contribution in [3.63, 3.8) is 0 Å². The molecule has 0 N–H and O–H groups in total. The van der Waals surface area contributed by atoms with E-state index < -0.39 is 0 Å². The zero-order chi connectivity index (χ0) is 35.7. The van der Waals surface area contributed by atoms with E-state index in [4.69, 9.17) is 0 Å². The largest absolute Gasteiger partial charge is 0.311 e. The second kappa shape index (κ2) is 11.0. The van der Waals surface area contributed by atoms with Crippen molar-refractivity contribution in [3.05, 3.63) is 130 Å². The van der Waals surface area contributed by atoms with Crippen molar-refractivity contribution in [3.8, 4) is 11.1 Å². The topological polar surface area (TPSA) is 3.24 Å². The van der Waals surface area contributed by atoms with Crippen molar-refractivity contribution in [1.29, 1.82) is 0 Å². The summed E-state index contributed by atoms with van der Waals surface area (Å²) >= 11 is 0. The molecule has 0 aromatic heterocycles. The maximum absolute atomic E-state index is 2.67. The average Bonchev–Trinajstić information content (AvgIpc) is 3.09. The van der Waals surface area contributed by atoms with Crippen molar-refractivity contribution in [1.82, 2.24) is 0 Å². The van der Waals surface area contributed by atoms with E-state index in [1.54, 1.807) is 22.2 Å². The second-order valence-electron chi connectivity index (χ2n) is 19.1. The van der Waals surface area contributed by atoms with Crippen LogP contribution < -0.4 is 21.3 Å². The fourth-order valence-corrected chi connectivity index (χ4v) is 10.8. The van der Waals surface area contributed by atoms with Gasteiger partial charge in [-0.2, -0.15) is 0 Å². The number of anilines is 3. The van der Waals surface area contributed by atoms with Crippen LogP contribution in [0.1, 0.15) is 127 Å². The molecular formula is C49H54BN. The van der Waals surface area contributed by atoms with Crippen LogP contribution >= 0.6 is 0 Å². The maximum atomic E-state index is 2.67. The molecule has 0 spiro atoms. The van der Waals surface area contributed by atoms with Gasteiger partial charge in [-0.15, -0.1) is 0 Å². The van der Waals surface area contributed by atoms with Crippen LogP contribution in [-0.4, -0.2) is 6.71 Å². The Balaban J connectivity index is 1.38. The number of fused-ring (bicyclic) bond motifs is 6. The van der Waals surface area contributed by atoms with Gasteiger partial charge in [0.25, 0.3) is 0 Å². The Bertz CT molecular complexity index is 2210. The quantitative estimate of drug-likeness (QED) is 0.166. The molecule has 2 aliphatic heterocycles. The predicted octanol–water partition coefficient (Wildman–Crippen LogP) is 11.2. The van der Waals surface area contributed by atoms with Crippen LogP contribution in [0.15, 0.2) is 97.1 Å². The van der Waals surface area contributed by atoms with Gasteiger partial charge in [-0.25, -0.2) is 0 Å². The van der Waals surface area contributed by atoms with Crippen molar-refractivity contribution >= 4 is 40.2 Å². The zero-order valence-corrected chi connectivity index (χ0v) is 32.4. The number of nitrogens with zero attached hydrogens (tertiary/aromatic N) is 1. The first-order valence-electron chi connectivity index (χ1n) is 19.6. The van der Waals surface area contributed by atoms with E-state index in [0.717, 1.165) is 0 Å². The van der Waals surface area contributed by atoms with E-state index in [1.807, 2.05) is 0 Å². The van der Waals surface area contributed by atoms with Gasteiger partial charge in [0, 0.05) is 22.9 Å². The maximum Gasteiger partial charge on any atom is 0.247 e. The molecule has 3 atom stereocenters. The fraction of sp³-hybridized carbons (Fsp3) is 0.388. The van der Waals surface area contributed by atoms with Gasteiger partial charge in [0.1, 0.15) is 0 Å². The molecular weight excluding hydrogens is 613 g/mol. The third-order valence-corrected chi connectivity index (χ3v) is 13.9. The molecule has 258 valence electrons. The number of hydrogen-bond acceptors (Lipinski definition) is 1. The molecule has 5 aromatic rings. The van der Waals surface area contributed by atoms with Gasteiger partial charge < -0.3 is 4.90 Å². The molecule has 0 bridgehead atoms. The lowest BCUT2D eigenvalue weighted by atomic mass is 9.29. The molecule has 0 amide bonds. The zero-order valence-electron chi connectivity index (χ0n) is 32.4. The molecule has 1 nitrogen and oxygen atoms in total. The summed E-state index contributed by atoms with van der Waals surface area (Å²) < 4.78 is 0. The third-order valence-electron chi connectivity index (χ3n) is 13.9. The van der Waals surface area contributed by atoms with E-state index in [1.165, 1.54) is 87.9 Å². The lowest BCUT2D eigenvalue weighted by Gasteiger charge is -2.58. The van der Waals surface area contributed by atoms with Crippen molar-refractivity contribution in [2.24, 2.45) is 5.41 Å². The van der Waals surface area contributed by atoms with Crippen LogP contribution in [0.2, 0.25) is 0 Å². The van der Waals surface area contributed by atoms with Gasteiger partial charge in [-0.05, 0) is 122 Å². The van der Waals surface area contributed by atoms with E-state index in [2.05, 4.69) is 164 Å². The van der Waals surface area contributed by atoms with E-state index in [-0.39, 0.29) is 23.0 Å². The molecule has 9 rings (SSSR count). The average molecular weight is 668 g/mol. The highest BCUT2D eigenvalue weighted by molar-refractivity contribution is 6.99. The molecule has 2 heterocycles. The minimum Gasteiger partial charge on any atom is -0.311 e. The summed E-state index contributed by atoms with van der Waals surface area (Å²) in [6.45, 7) is 21.9. The summed E-state index contributed by atoms with van der Waals surface area (Å²) in [5.74, 6) is 0.423. The number of benzene rings is 5. The van der Waals surface area contributed by atoms with Gasteiger partial charge in [0.2, 0.25) is 6.71 Å². The van der Waals surface area contributed by atoms with Gasteiger partial charge in [-0.1, -0.05) is 146 Å². The van der Waals surface area contributed by atoms with Crippen LogP contribution in [-0.2, 0) is 16.2 Å². The Morgan fingerprint density at radius 2 is 1.37 bits per heavy atom. The summed E-state index contributed by atoms with van der Waals surface area (Å²) in [6.07, 6.45) is 6.56. The smallest absolute Gasteiger partial charge is 0.247 e. The van der Waals surface area contributed by atoms with Crippen LogP contribution in [0, 0.1) is 12.3 Å². The molecule has 0 radical (unpaired) electrons. The van der Waals surface area contributed by atoms with Gasteiger partial charge in [-0.3, -0.25) is 0 Å². The number of rotatable bonds is 2. The summed E-state index contributed by atoms with van der Waals surface area (Å²) in [6, 6.07) is 38.4. The molecule has 2 heteroatoms. The number of hydrogen-bond donors (Lipinski definition) is 0. The first kappa shape index (κ1) is 32.8. The van der Waals surface area contributed by atoms with Gasteiger partial charge in [0.15, 0.2) is 0 Å². The lowest BCUT2D eigenvalue weighted by Crippen LogP contribution is -2.64. The van der Waals surface area contributed by atoms with E-state index in [0.29, 0.717) is 11.3 Å². The molecule has 51 heavy (non-hydrogen) atoms. The molecule has 1 fully saturated rings. The summed E-state index contributed by atoms with van der Waals surface area (Å²) in [4.78, 5) is 2.67. The van der Waals surface area contributed by atoms with Gasteiger partial charge in [0.05, 0.1) is 5.69 Å². The highest BCUT2D eigenvalue weighted by Crippen LogP contribution is 2.62. The molecule has 5 aromatic carbocycles. The van der Waals surface area contributed by atoms with E-state index in [9.17, 15) is 0 Å². The van der Waals surface area contributed by atoms with E-state index >= 15 is 0 Å².